The Kier molecular flexibility index (Phi) is 7.50. The molecule has 8 nitrogen and oxygen atoms in total. The first kappa shape index (κ1) is 27.0. The van der Waals surface area contributed by atoms with Gasteiger partial charge in [-0.3, -0.25) is 14.4 Å². The van der Waals surface area contributed by atoms with Crippen LogP contribution in [0.4, 0.5) is 4.39 Å². The number of rotatable bonds is 10. The first-order valence-electron chi connectivity index (χ1n) is 15.1. The first-order valence-corrected chi connectivity index (χ1v) is 15.4. The van der Waals surface area contributed by atoms with Gasteiger partial charge < -0.3 is 14.1 Å². The van der Waals surface area contributed by atoms with Crippen molar-refractivity contribution in [3.8, 4) is 5.75 Å². The Labute approximate surface area is 244 Å². The molecule has 2 saturated carbocycles. The molecule has 1 amide bonds. The van der Waals surface area contributed by atoms with E-state index in [9.17, 15) is 9.18 Å². The van der Waals surface area contributed by atoms with Crippen LogP contribution < -0.4 is 4.74 Å². The molecule has 3 aromatic rings. The van der Waals surface area contributed by atoms with Gasteiger partial charge in [-0.1, -0.05) is 17.7 Å². The largest absolute Gasteiger partial charge is 0.493 e. The number of fused-ring (bicyclic) bond motifs is 1. The van der Waals surface area contributed by atoms with Crippen LogP contribution in [-0.4, -0.2) is 56.7 Å². The van der Waals surface area contributed by atoms with Crippen LogP contribution in [0.15, 0.2) is 35.0 Å². The van der Waals surface area contributed by atoms with E-state index in [2.05, 4.69) is 15.0 Å². The number of piperidine rings is 1. The van der Waals surface area contributed by atoms with Crippen molar-refractivity contribution in [1.82, 2.24) is 24.6 Å². The van der Waals surface area contributed by atoms with Crippen molar-refractivity contribution in [2.45, 2.75) is 70.5 Å². The summed E-state index contributed by atoms with van der Waals surface area (Å²) in [6.45, 7) is 4.58. The number of ether oxygens (including phenoxy) is 1. The molecule has 3 fully saturated rings. The van der Waals surface area contributed by atoms with Crippen LogP contribution in [0.2, 0.25) is 5.02 Å². The zero-order valence-corrected chi connectivity index (χ0v) is 24.1. The lowest BCUT2D eigenvalue weighted by atomic mass is 9.91. The lowest BCUT2D eigenvalue weighted by molar-refractivity contribution is -0.131. The summed E-state index contributed by atoms with van der Waals surface area (Å²) >= 11 is 5.98. The predicted octanol–water partition coefficient (Wildman–Crippen LogP) is 5.44. The van der Waals surface area contributed by atoms with Gasteiger partial charge >= 0.3 is 0 Å². The predicted molar refractivity (Wildman–Crippen MR) is 151 cm³/mol. The minimum atomic E-state index is -0.391. The van der Waals surface area contributed by atoms with Crippen LogP contribution in [0.3, 0.4) is 0 Å². The van der Waals surface area contributed by atoms with Crippen LogP contribution in [0.5, 0.6) is 5.75 Å². The van der Waals surface area contributed by atoms with Crippen molar-refractivity contribution in [1.29, 1.82) is 0 Å². The Bertz CT molecular complexity index is 1400. The zero-order chi connectivity index (χ0) is 27.9. The van der Waals surface area contributed by atoms with Gasteiger partial charge in [0.05, 0.1) is 43.2 Å². The maximum atomic E-state index is 14.9. The standard InChI is InChI=1S/C31H37ClFN5O3/c32-24-16-34-38(17-24)19-36-9-5-20(6-10-36)26-13-22(26)8-12-40-25-4-3-23(27(33)15-25)14-30(39)37-11-7-28-29(18-37)41-31(35-28)21-1-2-21/h3-4,15-17,20-22,26H,1-2,5-14,18-19H2/t22-,26-/m1/s1. The molecule has 10 heteroatoms. The molecule has 4 heterocycles. The molecule has 2 aliphatic carbocycles. The van der Waals surface area contributed by atoms with Crippen molar-refractivity contribution >= 4 is 17.5 Å². The van der Waals surface area contributed by atoms with E-state index in [0.29, 0.717) is 54.3 Å². The average Bonchev–Trinajstić information content (AvgIpc) is 3.88. The summed E-state index contributed by atoms with van der Waals surface area (Å²) in [4.78, 5) is 21.7. The number of aromatic nitrogens is 3. The quantitative estimate of drug-likeness (QED) is 0.317. The maximum Gasteiger partial charge on any atom is 0.227 e. The van der Waals surface area contributed by atoms with Gasteiger partial charge in [0, 0.05) is 44.2 Å². The van der Waals surface area contributed by atoms with Crippen LogP contribution in [0.1, 0.15) is 67.4 Å². The van der Waals surface area contributed by atoms with Crippen LogP contribution in [0, 0.1) is 23.6 Å². The minimum Gasteiger partial charge on any atom is -0.493 e. The lowest BCUT2D eigenvalue weighted by Crippen LogP contribution is -2.36. The highest BCUT2D eigenvalue weighted by atomic mass is 35.5. The molecule has 41 heavy (non-hydrogen) atoms. The Balaban J connectivity index is 0.828. The van der Waals surface area contributed by atoms with E-state index in [1.165, 1.54) is 25.3 Å². The van der Waals surface area contributed by atoms with Crippen LogP contribution >= 0.6 is 11.6 Å². The van der Waals surface area contributed by atoms with E-state index in [1.807, 2.05) is 10.9 Å². The van der Waals surface area contributed by atoms with Crippen LogP contribution in [-0.2, 0) is 30.8 Å². The molecule has 2 aromatic heterocycles. The third-order valence-corrected chi connectivity index (χ3v) is 9.51. The SMILES string of the molecule is O=C(Cc1ccc(OCC[C@@H]2C[C@@H]2C2CCN(Cn3cc(Cl)cn3)CC2)cc1F)N1CCc2nc(C3CC3)oc2C1. The number of benzene rings is 1. The normalized spacial score (nSPS) is 23.0. The number of amides is 1. The second-order valence-corrected chi connectivity index (χ2v) is 12.7. The van der Waals surface area contributed by atoms with E-state index in [0.717, 1.165) is 68.2 Å². The zero-order valence-electron chi connectivity index (χ0n) is 23.3. The summed E-state index contributed by atoms with van der Waals surface area (Å²) in [5.41, 5.74) is 1.37. The van der Waals surface area contributed by atoms with Gasteiger partial charge in [-0.25, -0.2) is 9.37 Å². The van der Waals surface area contributed by atoms with Crippen molar-refractivity contribution in [3.05, 3.63) is 64.3 Å². The van der Waals surface area contributed by atoms with E-state index in [1.54, 1.807) is 23.2 Å². The van der Waals surface area contributed by atoms with Crippen molar-refractivity contribution in [2.24, 2.45) is 17.8 Å². The van der Waals surface area contributed by atoms with Crippen LogP contribution in [0.25, 0.3) is 0 Å². The maximum absolute atomic E-state index is 14.9. The number of hydrogen-bond donors (Lipinski definition) is 0. The van der Waals surface area contributed by atoms with Gasteiger partial charge in [0.2, 0.25) is 5.91 Å². The molecule has 0 N–H and O–H groups in total. The molecule has 0 spiro atoms. The fourth-order valence-corrected chi connectivity index (χ4v) is 6.78. The van der Waals surface area contributed by atoms with E-state index < -0.39 is 5.82 Å². The molecule has 218 valence electrons. The highest BCUT2D eigenvalue weighted by Gasteiger charge is 2.43. The number of hydrogen-bond acceptors (Lipinski definition) is 6. The Hall–Kier alpha value is -2.91. The topological polar surface area (TPSA) is 76.6 Å². The van der Waals surface area contributed by atoms with Crippen molar-refractivity contribution in [2.75, 3.05) is 26.2 Å². The number of carbonyl (C=O) groups is 1. The van der Waals surface area contributed by atoms with E-state index in [-0.39, 0.29) is 12.3 Å². The first-order chi connectivity index (χ1) is 20.0. The minimum absolute atomic E-state index is 0.0311. The number of halogens is 2. The molecule has 0 bridgehead atoms. The van der Waals surface area contributed by atoms with Gasteiger partial charge in [0.1, 0.15) is 17.3 Å². The number of nitrogens with zero attached hydrogens (tertiary/aromatic N) is 5. The summed E-state index contributed by atoms with van der Waals surface area (Å²) in [6.07, 6.45) is 11.3. The average molecular weight is 582 g/mol. The Morgan fingerprint density at radius 3 is 2.78 bits per heavy atom. The molecule has 2 atom stereocenters. The third-order valence-electron chi connectivity index (χ3n) is 9.31. The summed E-state index contributed by atoms with van der Waals surface area (Å²) in [7, 11) is 0. The summed E-state index contributed by atoms with van der Waals surface area (Å²) in [6, 6.07) is 4.88. The second kappa shape index (κ2) is 11.4. The van der Waals surface area contributed by atoms with E-state index in [4.69, 9.17) is 20.8 Å². The molecule has 1 saturated heterocycles. The molecule has 0 unspecified atom stereocenters. The molecular formula is C31H37ClFN5O3. The van der Waals surface area contributed by atoms with Gasteiger partial charge in [0.15, 0.2) is 5.89 Å². The molecule has 2 aliphatic heterocycles. The number of carbonyl (C=O) groups excluding carboxylic acids is 1. The smallest absolute Gasteiger partial charge is 0.227 e. The highest BCUT2D eigenvalue weighted by Crippen LogP contribution is 2.49. The van der Waals surface area contributed by atoms with Gasteiger partial charge in [0.25, 0.3) is 0 Å². The fraction of sp³-hybridized carbons (Fsp3) is 0.581. The Morgan fingerprint density at radius 1 is 1.17 bits per heavy atom. The van der Waals surface area contributed by atoms with Gasteiger partial charge in [-0.2, -0.15) is 5.10 Å². The number of oxazole rings is 1. The molecule has 4 aliphatic rings. The second-order valence-electron chi connectivity index (χ2n) is 12.3. The molecule has 7 rings (SSSR count). The summed E-state index contributed by atoms with van der Waals surface area (Å²) in [5.74, 6) is 4.37. The molecule has 1 aromatic carbocycles. The summed E-state index contributed by atoms with van der Waals surface area (Å²) in [5, 5.41) is 4.97. The van der Waals surface area contributed by atoms with Gasteiger partial charge in [-0.05, 0) is 67.9 Å². The molecular weight excluding hydrogens is 545 g/mol. The lowest BCUT2D eigenvalue weighted by Gasteiger charge is -2.32. The van der Waals surface area contributed by atoms with Crippen molar-refractivity contribution in [3.63, 3.8) is 0 Å². The highest BCUT2D eigenvalue weighted by molar-refractivity contribution is 6.30. The van der Waals surface area contributed by atoms with E-state index >= 15 is 0 Å². The summed E-state index contributed by atoms with van der Waals surface area (Å²) < 4.78 is 28.6. The van der Waals surface area contributed by atoms with Crippen molar-refractivity contribution < 1.29 is 18.3 Å². The fourth-order valence-electron chi connectivity index (χ4n) is 6.62. The van der Waals surface area contributed by atoms with Gasteiger partial charge in [-0.15, -0.1) is 0 Å². The number of likely N-dealkylation sites (tertiary alicyclic amines) is 1. The monoisotopic (exact) mass is 581 g/mol. The third kappa shape index (κ3) is 6.31. The Morgan fingerprint density at radius 2 is 2.02 bits per heavy atom. The molecule has 0 radical (unpaired) electrons.